The van der Waals surface area contributed by atoms with Crippen molar-refractivity contribution in [3.63, 3.8) is 0 Å². The Morgan fingerprint density at radius 1 is 1.32 bits per heavy atom. The number of methoxy groups -OCH3 is 1. The van der Waals surface area contributed by atoms with Crippen molar-refractivity contribution in [3.8, 4) is 0 Å². The predicted molar refractivity (Wildman–Crippen MR) is 113 cm³/mol. The van der Waals surface area contributed by atoms with Crippen molar-refractivity contribution in [1.29, 1.82) is 0 Å². The SMILES string of the molecule is COC(C)c1cc2c(Nc3cc(C4CC(OC=O)CO4)nn3C(C)(C)C)nccn2n1. The summed E-state index contributed by atoms with van der Waals surface area (Å²) >= 11 is 0. The highest BCUT2D eigenvalue weighted by atomic mass is 16.6. The summed E-state index contributed by atoms with van der Waals surface area (Å²) in [6.07, 6.45) is 3.47. The number of hydrogen-bond acceptors (Lipinski definition) is 8. The van der Waals surface area contributed by atoms with Gasteiger partial charge in [-0.1, -0.05) is 0 Å². The van der Waals surface area contributed by atoms with Gasteiger partial charge in [0.15, 0.2) is 5.82 Å². The van der Waals surface area contributed by atoms with E-state index in [1.807, 2.05) is 23.7 Å². The monoisotopic (exact) mass is 428 g/mol. The molecule has 0 saturated carbocycles. The van der Waals surface area contributed by atoms with Crippen molar-refractivity contribution in [2.24, 2.45) is 0 Å². The summed E-state index contributed by atoms with van der Waals surface area (Å²) in [4.78, 5) is 15.2. The number of fused-ring (bicyclic) bond motifs is 1. The van der Waals surface area contributed by atoms with Gasteiger partial charge in [0.2, 0.25) is 0 Å². The predicted octanol–water partition coefficient (Wildman–Crippen LogP) is 3.13. The Bertz CT molecular complexity index is 1070. The van der Waals surface area contributed by atoms with E-state index in [2.05, 4.69) is 36.2 Å². The number of anilines is 2. The molecule has 4 heterocycles. The first-order chi connectivity index (χ1) is 14.8. The van der Waals surface area contributed by atoms with Crippen LogP contribution in [-0.4, -0.2) is 50.7 Å². The summed E-state index contributed by atoms with van der Waals surface area (Å²) in [5.74, 6) is 1.45. The van der Waals surface area contributed by atoms with E-state index in [1.165, 1.54) is 0 Å². The van der Waals surface area contributed by atoms with E-state index in [-0.39, 0.29) is 23.9 Å². The fourth-order valence-corrected chi connectivity index (χ4v) is 3.61. The number of nitrogens with one attached hydrogen (secondary N) is 1. The summed E-state index contributed by atoms with van der Waals surface area (Å²) < 4.78 is 20.0. The van der Waals surface area contributed by atoms with Crippen LogP contribution in [0.15, 0.2) is 24.5 Å². The van der Waals surface area contributed by atoms with Gasteiger partial charge in [-0.3, -0.25) is 4.79 Å². The minimum atomic E-state index is -0.279. The first-order valence-corrected chi connectivity index (χ1v) is 10.3. The van der Waals surface area contributed by atoms with Crippen molar-refractivity contribution >= 4 is 23.6 Å². The lowest BCUT2D eigenvalue weighted by Gasteiger charge is -2.22. The minimum absolute atomic E-state index is 0.125. The molecule has 3 aromatic rings. The highest BCUT2D eigenvalue weighted by molar-refractivity contribution is 5.72. The molecule has 3 aromatic heterocycles. The van der Waals surface area contributed by atoms with Crippen LogP contribution in [-0.2, 0) is 24.5 Å². The van der Waals surface area contributed by atoms with Crippen LogP contribution >= 0.6 is 0 Å². The molecule has 1 aliphatic rings. The number of ether oxygens (including phenoxy) is 3. The number of carbonyl (C=O) groups is 1. The maximum Gasteiger partial charge on any atom is 0.293 e. The van der Waals surface area contributed by atoms with Crippen molar-refractivity contribution in [2.45, 2.75) is 58.0 Å². The van der Waals surface area contributed by atoms with E-state index in [0.29, 0.717) is 25.3 Å². The Morgan fingerprint density at radius 3 is 2.84 bits per heavy atom. The zero-order valence-corrected chi connectivity index (χ0v) is 18.4. The van der Waals surface area contributed by atoms with Crippen LogP contribution in [0.1, 0.15) is 57.7 Å². The van der Waals surface area contributed by atoms with E-state index < -0.39 is 0 Å². The Kier molecular flexibility index (Phi) is 5.67. The van der Waals surface area contributed by atoms with E-state index in [4.69, 9.17) is 19.3 Å². The molecule has 0 bridgehead atoms. The lowest BCUT2D eigenvalue weighted by atomic mass is 10.1. The van der Waals surface area contributed by atoms with Crippen LogP contribution in [0, 0.1) is 0 Å². The molecule has 0 aliphatic carbocycles. The number of carbonyl (C=O) groups excluding carboxylic acids is 1. The van der Waals surface area contributed by atoms with Crippen molar-refractivity contribution in [1.82, 2.24) is 24.4 Å². The highest BCUT2D eigenvalue weighted by Gasteiger charge is 2.32. The van der Waals surface area contributed by atoms with Crippen LogP contribution in [0.3, 0.4) is 0 Å². The lowest BCUT2D eigenvalue weighted by Crippen LogP contribution is -2.25. The molecule has 1 N–H and O–H groups in total. The molecule has 10 heteroatoms. The maximum absolute atomic E-state index is 10.6. The minimum Gasteiger partial charge on any atom is -0.462 e. The zero-order chi connectivity index (χ0) is 22.2. The van der Waals surface area contributed by atoms with Crippen molar-refractivity contribution in [3.05, 3.63) is 35.9 Å². The smallest absolute Gasteiger partial charge is 0.293 e. The quantitative estimate of drug-likeness (QED) is 0.572. The van der Waals surface area contributed by atoms with Gasteiger partial charge in [0.1, 0.15) is 23.5 Å². The topological polar surface area (TPSA) is 105 Å². The standard InChI is InChI=1S/C21H28N6O4/c1-13(29-5)15-9-17-20(22-6-7-26(17)24-15)23-19-10-16(25-27(19)21(2,3)4)18-8-14(11-30-18)31-12-28/h6-7,9-10,12-14,18H,8,11H2,1-5H3,(H,22,23). The fraction of sp³-hybridized carbons (Fsp3) is 0.524. The van der Waals surface area contributed by atoms with Gasteiger partial charge >= 0.3 is 0 Å². The van der Waals surface area contributed by atoms with Crippen molar-refractivity contribution < 1.29 is 19.0 Å². The second kappa shape index (κ2) is 8.27. The summed E-state index contributed by atoms with van der Waals surface area (Å²) in [6, 6.07) is 3.92. The average Bonchev–Trinajstić information content (AvgIpc) is 3.45. The third-order valence-corrected chi connectivity index (χ3v) is 5.33. The first-order valence-electron chi connectivity index (χ1n) is 10.3. The fourth-order valence-electron chi connectivity index (χ4n) is 3.61. The van der Waals surface area contributed by atoms with E-state index in [0.717, 1.165) is 22.7 Å². The van der Waals surface area contributed by atoms with E-state index >= 15 is 0 Å². The number of nitrogens with zero attached hydrogens (tertiary/aromatic N) is 5. The summed E-state index contributed by atoms with van der Waals surface area (Å²) in [7, 11) is 1.66. The van der Waals surface area contributed by atoms with Gasteiger partial charge in [-0.15, -0.1) is 0 Å². The van der Waals surface area contributed by atoms with Crippen LogP contribution in [0.2, 0.25) is 0 Å². The molecular formula is C21H28N6O4. The molecule has 0 spiro atoms. The molecule has 0 aromatic carbocycles. The molecule has 1 fully saturated rings. The Morgan fingerprint density at radius 2 is 2.13 bits per heavy atom. The van der Waals surface area contributed by atoms with Crippen molar-refractivity contribution in [2.75, 3.05) is 19.0 Å². The molecule has 1 aliphatic heterocycles. The second-order valence-electron chi connectivity index (χ2n) is 8.63. The van der Waals surface area contributed by atoms with Gasteiger partial charge in [-0.05, 0) is 33.8 Å². The van der Waals surface area contributed by atoms with Gasteiger partial charge in [0.25, 0.3) is 6.47 Å². The average molecular weight is 428 g/mol. The van der Waals surface area contributed by atoms with Gasteiger partial charge in [0, 0.05) is 32.0 Å². The highest BCUT2D eigenvalue weighted by Crippen LogP contribution is 2.34. The molecule has 1 saturated heterocycles. The molecule has 166 valence electrons. The van der Waals surface area contributed by atoms with E-state index in [9.17, 15) is 4.79 Å². The molecule has 10 nitrogen and oxygen atoms in total. The molecule has 0 radical (unpaired) electrons. The van der Waals surface area contributed by atoms with Crippen LogP contribution in [0.25, 0.3) is 5.52 Å². The molecule has 3 unspecified atom stereocenters. The third-order valence-electron chi connectivity index (χ3n) is 5.33. The molecule has 0 amide bonds. The van der Waals surface area contributed by atoms with Gasteiger partial charge in [-0.25, -0.2) is 14.2 Å². The Labute approximate surface area is 180 Å². The van der Waals surface area contributed by atoms with E-state index in [1.54, 1.807) is 24.0 Å². The maximum atomic E-state index is 10.6. The molecular weight excluding hydrogens is 400 g/mol. The van der Waals surface area contributed by atoms with Crippen LogP contribution in [0.5, 0.6) is 0 Å². The summed E-state index contributed by atoms with van der Waals surface area (Å²) in [6.45, 7) is 9.02. The Balaban J connectivity index is 1.67. The summed E-state index contributed by atoms with van der Waals surface area (Å²) in [5, 5.41) is 12.8. The normalized spacial score (nSPS) is 20.2. The van der Waals surface area contributed by atoms with Gasteiger partial charge in [-0.2, -0.15) is 10.2 Å². The number of hydrogen-bond donors (Lipinski definition) is 1. The van der Waals surface area contributed by atoms with Gasteiger partial charge < -0.3 is 19.5 Å². The van der Waals surface area contributed by atoms with Gasteiger partial charge in [0.05, 0.1) is 29.6 Å². The van der Waals surface area contributed by atoms with Crippen LogP contribution < -0.4 is 5.32 Å². The Hall–Kier alpha value is -2.98. The number of aromatic nitrogens is 5. The molecule has 31 heavy (non-hydrogen) atoms. The third kappa shape index (κ3) is 4.26. The largest absolute Gasteiger partial charge is 0.462 e. The number of rotatable bonds is 7. The first kappa shape index (κ1) is 21.3. The lowest BCUT2D eigenvalue weighted by molar-refractivity contribution is -0.133. The second-order valence-corrected chi connectivity index (χ2v) is 8.63. The molecule has 3 atom stereocenters. The summed E-state index contributed by atoms with van der Waals surface area (Å²) in [5.41, 5.74) is 2.16. The molecule has 4 rings (SSSR count). The van der Waals surface area contributed by atoms with Crippen LogP contribution in [0.4, 0.5) is 11.6 Å². The zero-order valence-electron chi connectivity index (χ0n) is 18.4.